The minimum Gasteiger partial charge on any atom is -0.380 e. The van der Waals surface area contributed by atoms with E-state index in [-0.39, 0.29) is 18.3 Å². The van der Waals surface area contributed by atoms with Gasteiger partial charge in [-0.15, -0.1) is 12.4 Å². The predicted molar refractivity (Wildman–Crippen MR) is 90.2 cm³/mol. The fraction of sp³-hybridized carbons (Fsp3) is 0.562. The zero-order valence-corrected chi connectivity index (χ0v) is 14.1. The van der Waals surface area contributed by atoms with Crippen LogP contribution in [0.1, 0.15) is 18.1 Å². The van der Waals surface area contributed by atoms with Gasteiger partial charge in [0.25, 0.3) is 0 Å². The monoisotopic (exact) mass is 327 g/mol. The molecule has 0 bridgehead atoms. The van der Waals surface area contributed by atoms with Crippen LogP contribution in [-0.2, 0) is 22.7 Å². The van der Waals surface area contributed by atoms with E-state index in [2.05, 4.69) is 22.5 Å². The van der Waals surface area contributed by atoms with Crippen molar-refractivity contribution in [2.75, 3.05) is 33.3 Å². The lowest BCUT2D eigenvalue weighted by atomic mass is 10.1. The molecule has 0 unspecified atom stereocenters. The second kappa shape index (κ2) is 9.79. The molecule has 0 saturated carbocycles. The van der Waals surface area contributed by atoms with Crippen LogP contribution < -0.4 is 10.6 Å². The van der Waals surface area contributed by atoms with Gasteiger partial charge in [0, 0.05) is 39.3 Å². The van der Waals surface area contributed by atoms with E-state index in [1.807, 2.05) is 24.3 Å². The zero-order valence-electron chi connectivity index (χ0n) is 13.3. The molecule has 2 N–H and O–H groups in total. The Bertz CT molecular complexity index is 453. The van der Waals surface area contributed by atoms with Gasteiger partial charge in [-0.25, -0.2) is 0 Å². The molecule has 5 nitrogen and oxygen atoms in total. The SMILES string of the molecule is COCc1ccc(CNC(=O)CN2CCNC[C@H]2C)cc1.Cl. The lowest BCUT2D eigenvalue weighted by molar-refractivity contribution is -0.123. The van der Waals surface area contributed by atoms with E-state index < -0.39 is 0 Å². The molecule has 124 valence electrons. The fourth-order valence-corrected chi connectivity index (χ4v) is 2.48. The summed E-state index contributed by atoms with van der Waals surface area (Å²) in [5.74, 6) is 0.0877. The van der Waals surface area contributed by atoms with Gasteiger partial charge in [-0.3, -0.25) is 9.69 Å². The Kier molecular flexibility index (Phi) is 8.42. The Labute approximate surface area is 138 Å². The summed E-state index contributed by atoms with van der Waals surface area (Å²) in [6.07, 6.45) is 0. The van der Waals surface area contributed by atoms with Crippen molar-refractivity contribution in [2.45, 2.75) is 26.1 Å². The summed E-state index contributed by atoms with van der Waals surface area (Å²) >= 11 is 0. The molecule has 1 aliphatic rings. The predicted octanol–water partition coefficient (Wildman–Crippen LogP) is 1.16. The van der Waals surface area contributed by atoms with E-state index in [9.17, 15) is 4.79 Å². The van der Waals surface area contributed by atoms with Crippen LogP contribution in [0.15, 0.2) is 24.3 Å². The Morgan fingerprint density at radius 3 is 2.68 bits per heavy atom. The second-order valence-electron chi connectivity index (χ2n) is 5.55. The Morgan fingerprint density at radius 1 is 1.36 bits per heavy atom. The molecule has 0 aliphatic carbocycles. The average Bonchev–Trinajstić information content (AvgIpc) is 2.49. The highest BCUT2D eigenvalue weighted by molar-refractivity contribution is 5.85. The van der Waals surface area contributed by atoms with Crippen molar-refractivity contribution in [3.8, 4) is 0 Å². The van der Waals surface area contributed by atoms with Gasteiger partial charge < -0.3 is 15.4 Å². The highest BCUT2D eigenvalue weighted by Crippen LogP contribution is 2.06. The van der Waals surface area contributed by atoms with Crippen molar-refractivity contribution in [2.24, 2.45) is 0 Å². The van der Waals surface area contributed by atoms with E-state index in [0.717, 1.165) is 30.8 Å². The normalized spacial score (nSPS) is 18.5. The van der Waals surface area contributed by atoms with Gasteiger partial charge in [-0.05, 0) is 18.1 Å². The van der Waals surface area contributed by atoms with Gasteiger partial charge in [-0.1, -0.05) is 24.3 Å². The number of piperazine rings is 1. The van der Waals surface area contributed by atoms with Crippen molar-refractivity contribution in [1.29, 1.82) is 0 Å². The van der Waals surface area contributed by atoms with E-state index in [1.54, 1.807) is 7.11 Å². The van der Waals surface area contributed by atoms with Crippen LogP contribution in [0.5, 0.6) is 0 Å². The molecule has 2 rings (SSSR count). The molecule has 1 fully saturated rings. The number of ether oxygens (including phenoxy) is 1. The van der Waals surface area contributed by atoms with Crippen LogP contribution in [-0.4, -0.2) is 50.1 Å². The molecular weight excluding hydrogens is 302 g/mol. The lowest BCUT2D eigenvalue weighted by Gasteiger charge is -2.33. The van der Waals surface area contributed by atoms with E-state index in [0.29, 0.717) is 25.7 Å². The van der Waals surface area contributed by atoms with Gasteiger partial charge in [0.05, 0.1) is 13.2 Å². The van der Waals surface area contributed by atoms with Gasteiger partial charge in [0.15, 0.2) is 0 Å². The van der Waals surface area contributed by atoms with Crippen LogP contribution in [0.3, 0.4) is 0 Å². The van der Waals surface area contributed by atoms with Crippen molar-refractivity contribution in [3.63, 3.8) is 0 Å². The number of carbonyl (C=O) groups excluding carboxylic acids is 1. The standard InChI is InChI=1S/C16H25N3O2.ClH/c1-13-9-17-7-8-19(13)11-16(20)18-10-14-3-5-15(6-4-14)12-21-2;/h3-6,13,17H,7-12H2,1-2H3,(H,18,20);1H/t13-;/m1./s1. The van der Waals surface area contributed by atoms with Crippen LogP contribution in [0.4, 0.5) is 0 Å². The van der Waals surface area contributed by atoms with Crippen LogP contribution >= 0.6 is 12.4 Å². The largest absolute Gasteiger partial charge is 0.380 e. The molecule has 6 heteroatoms. The first-order chi connectivity index (χ1) is 10.2. The Morgan fingerprint density at radius 2 is 2.05 bits per heavy atom. The Balaban J connectivity index is 0.00000242. The molecule has 1 heterocycles. The maximum Gasteiger partial charge on any atom is 0.234 e. The summed E-state index contributed by atoms with van der Waals surface area (Å²) in [5, 5.41) is 6.31. The van der Waals surface area contributed by atoms with E-state index in [4.69, 9.17) is 4.74 Å². The summed E-state index contributed by atoms with van der Waals surface area (Å²) < 4.78 is 5.08. The van der Waals surface area contributed by atoms with Gasteiger partial charge in [0.1, 0.15) is 0 Å². The summed E-state index contributed by atoms with van der Waals surface area (Å²) in [4.78, 5) is 14.2. The number of rotatable bonds is 6. The summed E-state index contributed by atoms with van der Waals surface area (Å²) in [6.45, 7) is 6.66. The topological polar surface area (TPSA) is 53.6 Å². The molecule has 22 heavy (non-hydrogen) atoms. The second-order valence-corrected chi connectivity index (χ2v) is 5.55. The van der Waals surface area contributed by atoms with Gasteiger partial charge in [0.2, 0.25) is 5.91 Å². The van der Waals surface area contributed by atoms with Crippen molar-refractivity contribution in [3.05, 3.63) is 35.4 Å². The number of benzene rings is 1. The molecule has 0 spiro atoms. The first-order valence-corrected chi connectivity index (χ1v) is 7.47. The number of amides is 1. The maximum absolute atomic E-state index is 12.0. The summed E-state index contributed by atoms with van der Waals surface area (Å²) in [5.41, 5.74) is 2.25. The molecular formula is C16H26ClN3O2. The first-order valence-electron chi connectivity index (χ1n) is 7.47. The highest BCUT2D eigenvalue weighted by Gasteiger charge is 2.19. The summed E-state index contributed by atoms with van der Waals surface area (Å²) in [7, 11) is 1.69. The molecule has 1 atom stereocenters. The fourth-order valence-electron chi connectivity index (χ4n) is 2.48. The molecule has 1 amide bonds. The number of nitrogens with zero attached hydrogens (tertiary/aromatic N) is 1. The van der Waals surface area contributed by atoms with Gasteiger partial charge >= 0.3 is 0 Å². The number of methoxy groups -OCH3 is 1. The number of carbonyl (C=O) groups is 1. The van der Waals surface area contributed by atoms with Crippen molar-refractivity contribution >= 4 is 18.3 Å². The number of halogens is 1. The van der Waals surface area contributed by atoms with E-state index in [1.165, 1.54) is 0 Å². The molecule has 1 aromatic carbocycles. The summed E-state index contributed by atoms with van der Waals surface area (Å²) in [6, 6.07) is 8.54. The molecule has 1 saturated heterocycles. The van der Waals surface area contributed by atoms with Crippen LogP contribution in [0, 0.1) is 0 Å². The van der Waals surface area contributed by atoms with Crippen molar-refractivity contribution < 1.29 is 9.53 Å². The quantitative estimate of drug-likeness (QED) is 0.823. The number of hydrogen-bond donors (Lipinski definition) is 2. The van der Waals surface area contributed by atoms with Crippen LogP contribution in [0.25, 0.3) is 0 Å². The minimum atomic E-state index is 0. The van der Waals surface area contributed by atoms with Crippen molar-refractivity contribution in [1.82, 2.24) is 15.5 Å². The smallest absolute Gasteiger partial charge is 0.234 e. The third-order valence-electron chi connectivity index (χ3n) is 3.81. The molecule has 1 aromatic rings. The molecule has 0 aromatic heterocycles. The molecule has 1 aliphatic heterocycles. The Hall–Kier alpha value is -1.14. The lowest BCUT2D eigenvalue weighted by Crippen LogP contribution is -2.52. The maximum atomic E-state index is 12.0. The molecule has 0 radical (unpaired) electrons. The zero-order chi connectivity index (χ0) is 15.1. The van der Waals surface area contributed by atoms with E-state index >= 15 is 0 Å². The third kappa shape index (κ3) is 5.93. The highest BCUT2D eigenvalue weighted by atomic mass is 35.5. The van der Waals surface area contributed by atoms with Crippen LogP contribution in [0.2, 0.25) is 0 Å². The average molecular weight is 328 g/mol. The minimum absolute atomic E-state index is 0. The number of nitrogens with one attached hydrogen (secondary N) is 2. The number of hydrogen-bond acceptors (Lipinski definition) is 4. The first kappa shape index (κ1) is 18.9. The third-order valence-corrected chi connectivity index (χ3v) is 3.81. The van der Waals surface area contributed by atoms with Gasteiger partial charge in [-0.2, -0.15) is 0 Å².